The average Bonchev–Trinajstić information content (AvgIpc) is 3.34. The van der Waals surface area contributed by atoms with Gasteiger partial charge in [0.1, 0.15) is 11.3 Å². The molecule has 0 atom stereocenters. The Morgan fingerprint density at radius 3 is 2.63 bits per heavy atom. The van der Waals surface area contributed by atoms with Gasteiger partial charge in [-0.15, -0.1) is 0 Å². The van der Waals surface area contributed by atoms with Gasteiger partial charge in [0.05, 0.1) is 11.1 Å². The van der Waals surface area contributed by atoms with Gasteiger partial charge in [-0.2, -0.15) is 5.10 Å². The summed E-state index contributed by atoms with van der Waals surface area (Å²) in [6, 6.07) is 15.5. The van der Waals surface area contributed by atoms with Crippen molar-refractivity contribution in [1.82, 2.24) is 29.9 Å². The van der Waals surface area contributed by atoms with E-state index in [1.165, 1.54) is 0 Å². The summed E-state index contributed by atoms with van der Waals surface area (Å²) in [5.41, 5.74) is 3.91. The van der Waals surface area contributed by atoms with Crippen LogP contribution in [0.3, 0.4) is 0 Å². The summed E-state index contributed by atoms with van der Waals surface area (Å²) < 4.78 is 1.86. The number of H-pyrrole nitrogens is 1. The quantitative estimate of drug-likeness (QED) is 0.417. The summed E-state index contributed by atoms with van der Waals surface area (Å²) in [5.74, 6) is 0.0960. The third-order valence-corrected chi connectivity index (χ3v) is 6.86. The zero-order valence-corrected chi connectivity index (χ0v) is 19.0. The van der Waals surface area contributed by atoms with Crippen LogP contribution in [0.4, 0.5) is 0 Å². The number of hydrogen-bond acceptors (Lipinski definition) is 5. The predicted molar refractivity (Wildman–Crippen MR) is 133 cm³/mol. The number of fused-ring (bicyclic) bond motifs is 2. The van der Waals surface area contributed by atoms with Gasteiger partial charge in [0.25, 0.3) is 11.5 Å². The molecule has 1 aliphatic rings. The van der Waals surface area contributed by atoms with E-state index in [9.17, 15) is 9.59 Å². The maximum absolute atomic E-state index is 13.0. The molecule has 0 bridgehead atoms. The Morgan fingerprint density at radius 1 is 1.00 bits per heavy atom. The number of nitrogens with one attached hydrogen (secondary N) is 2. The van der Waals surface area contributed by atoms with Crippen LogP contribution in [0.25, 0.3) is 27.5 Å². The van der Waals surface area contributed by atoms with Gasteiger partial charge in [0.2, 0.25) is 0 Å². The zero-order valence-electron chi connectivity index (χ0n) is 19.0. The highest BCUT2D eigenvalue weighted by molar-refractivity contribution is 5.93. The van der Waals surface area contributed by atoms with Crippen molar-refractivity contribution in [2.45, 2.75) is 37.6 Å². The molecule has 4 heterocycles. The minimum absolute atomic E-state index is 0.0866. The number of imidazole rings is 1. The van der Waals surface area contributed by atoms with Gasteiger partial charge in [-0.05, 0) is 55.5 Å². The van der Waals surface area contributed by atoms with E-state index in [1.807, 2.05) is 65.3 Å². The Hall–Kier alpha value is -4.33. The first-order valence-corrected chi connectivity index (χ1v) is 11.8. The summed E-state index contributed by atoms with van der Waals surface area (Å²) in [5, 5.41) is 11.8. The first kappa shape index (κ1) is 21.2. The number of hydrogen-bond donors (Lipinski definition) is 2. The summed E-state index contributed by atoms with van der Waals surface area (Å²) in [6.45, 7) is 0. The van der Waals surface area contributed by atoms with Crippen molar-refractivity contribution in [2.24, 2.45) is 0 Å². The molecule has 5 aromatic rings. The van der Waals surface area contributed by atoms with E-state index in [-0.39, 0.29) is 23.4 Å². The number of benzene rings is 1. The Kier molecular flexibility index (Phi) is 5.33. The molecule has 0 radical (unpaired) electrons. The summed E-state index contributed by atoms with van der Waals surface area (Å²) in [6.07, 6.45) is 10.7. The maximum atomic E-state index is 13.0. The summed E-state index contributed by atoms with van der Waals surface area (Å²) in [4.78, 5) is 33.8. The van der Waals surface area contributed by atoms with E-state index in [1.54, 1.807) is 12.4 Å². The molecular formula is C27H24N6O2. The molecule has 1 aromatic carbocycles. The predicted octanol–water partition coefficient (Wildman–Crippen LogP) is 4.09. The SMILES string of the molecule is O=C(N[C@H]1CC[C@H](c2n[nH]c(=O)c3ccccc32)CC1)c1cn2ccc(-c3cccnc3)cc2n1. The number of carbonyl (C=O) groups is 1. The fraction of sp³-hybridized carbons (Fsp3) is 0.222. The molecule has 0 aliphatic heterocycles. The van der Waals surface area contributed by atoms with Gasteiger partial charge < -0.3 is 9.72 Å². The fourth-order valence-electron chi connectivity index (χ4n) is 5.02. The Balaban J connectivity index is 1.14. The molecule has 6 rings (SSSR count). The highest BCUT2D eigenvalue weighted by atomic mass is 16.2. The Bertz CT molecular complexity index is 1580. The lowest BCUT2D eigenvalue weighted by molar-refractivity contribution is 0.0921. The van der Waals surface area contributed by atoms with Crippen LogP contribution in [0.5, 0.6) is 0 Å². The lowest BCUT2D eigenvalue weighted by Gasteiger charge is -2.29. The molecule has 0 unspecified atom stereocenters. The second-order valence-corrected chi connectivity index (χ2v) is 9.05. The molecule has 0 spiro atoms. The number of carbonyl (C=O) groups excluding carboxylic acids is 1. The highest BCUT2D eigenvalue weighted by Gasteiger charge is 2.27. The van der Waals surface area contributed by atoms with Crippen LogP contribution in [0.15, 0.2) is 78.1 Å². The van der Waals surface area contributed by atoms with E-state index in [4.69, 9.17) is 0 Å². The van der Waals surface area contributed by atoms with Crippen LogP contribution < -0.4 is 10.9 Å². The van der Waals surface area contributed by atoms with Crippen molar-refractivity contribution in [3.8, 4) is 11.1 Å². The van der Waals surface area contributed by atoms with Crippen molar-refractivity contribution < 1.29 is 4.79 Å². The smallest absolute Gasteiger partial charge is 0.272 e. The van der Waals surface area contributed by atoms with Crippen molar-refractivity contribution >= 4 is 22.3 Å². The Labute approximate surface area is 201 Å². The average molecular weight is 465 g/mol. The van der Waals surface area contributed by atoms with Crippen LogP contribution in [-0.4, -0.2) is 36.5 Å². The molecule has 0 saturated heterocycles. The fourth-order valence-corrected chi connectivity index (χ4v) is 5.02. The number of aromatic amines is 1. The van der Waals surface area contributed by atoms with Crippen molar-refractivity contribution in [3.63, 3.8) is 0 Å². The zero-order chi connectivity index (χ0) is 23.8. The minimum atomic E-state index is -0.162. The molecule has 1 amide bonds. The molecule has 35 heavy (non-hydrogen) atoms. The molecular weight excluding hydrogens is 440 g/mol. The number of rotatable bonds is 4. The molecule has 8 heteroatoms. The second kappa shape index (κ2) is 8.79. The van der Waals surface area contributed by atoms with Gasteiger partial charge in [0.15, 0.2) is 0 Å². The highest BCUT2D eigenvalue weighted by Crippen LogP contribution is 2.34. The van der Waals surface area contributed by atoms with Gasteiger partial charge >= 0.3 is 0 Å². The summed E-state index contributed by atoms with van der Waals surface area (Å²) in [7, 11) is 0. The summed E-state index contributed by atoms with van der Waals surface area (Å²) >= 11 is 0. The molecule has 4 aromatic heterocycles. The molecule has 8 nitrogen and oxygen atoms in total. The molecule has 1 aliphatic carbocycles. The van der Waals surface area contributed by atoms with Gasteiger partial charge in [0, 0.05) is 47.7 Å². The second-order valence-electron chi connectivity index (χ2n) is 9.05. The lowest BCUT2D eigenvalue weighted by Crippen LogP contribution is -2.37. The van der Waals surface area contributed by atoms with E-state index < -0.39 is 0 Å². The van der Waals surface area contributed by atoms with Crippen molar-refractivity contribution in [3.05, 3.63) is 95.1 Å². The van der Waals surface area contributed by atoms with E-state index in [0.29, 0.717) is 11.1 Å². The van der Waals surface area contributed by atoms with Crippen LogP contribution >= 0.6 is 0 Å². The lowest BCUT2D eigenvalue weighted by atomic mass is 9.82. The number of aromatic nitrogens is 5. The molecule has 1 saturated carbocycles. The molecule has 2 N–H and O–H groups in total. The van der Waals surface area contributed by atoms with Gasteiger partial charge in [-0.3, -0.25) is 14.6 Å². The monoisotopic (exact) mass is 464 g/mol. The maximum Gasteiger partial charge on any atom is 0.272 e. The standard InChI is InChI=1S/C27H24N6O2/c34-26-22-6-2-1-5-21(22)25(31-32-26)17-7-9-20(10-8-17)29-27(35)23-16-33-13-11-18(14-24(33)30-23)19-4-3-12-28-15-19/h1-6,11-17,20H,7-10H2,(H,29,35)(H,32,34)/t17-,20-. The van der Waals surface area contributed by atoms with Crippen molar-refractivity contribution in [2.75, 3.05) is 0 Å². The van der Waals surface area contributed by atoms with Crippen LogP contribution in [0.2, 0.25) is 0 Å². The van der Waals surface area contributed by atoms with Crippen LogP contribution in [0.1, 0.15) is 47.8 Å². The topological polar surface area (TPSA) is 105 Å². The largest absolute Gasteiger partial charge is 0.348 e. The van der Waals surface area contributed by atoms with E-state index in [0.717, 1.165) is 53.5 Å². The molecule has 174 valence electrons. The van der Waals surface area contributed by atoms with Crippen LogP contribution in [0, 0.1) is 0 Å². The van der Waals surface area contributed by atoms with E-state index in [2.05, 4.69) is 25.5 Å². The number of nitrogens with zero attached hydrogens (tertiary/aromatic N) is 4. The van der Waals surface area contributed by atoms with Crippen LogP contribution in [-0.2, 0) is 0 Å². The van der Waals surface area contributed by atoms with E-state index >= 15 is 0 Å². The third-order valence-electron chi connectivity index (χ3n) is 6.86. The normalized spacial score (nSPS) is 18.1. The number of pyridine rings is 2. The van der Waals surface area contributed by atoms with Gasteiger partial charge in [-0.25, -0.2) is 10.1 Å². The van der Waals surface area contributed by atoms with Crippen molar-refractivity contribution in [1.29, 1.82) is 0 Å². The first-order valence-electron chi connectivity index (χ1n) is 11.8. The number of amides is 1. The first-order chi connectivity index (χ1) is 17.2. The van der Waals surface area contributed by atoms with Gasteiger partial charge in [-0.1, -0.05) is 24.3 Å². The molecule has 1 fully saturated rings. The third kappa shape index (κ3) is 4.07. The Morgan fingerprint density at radius 2 is 1.83 bits per heavy atom. The minimum Gasteiger partial charge on any atom is -0.348 e.